The molecule has 16 heavy (non-hydrogen) atoms. The molecule has 1 aromatic heterocycles. The van der Waals surface area contributed by atoms with E-state index in [1.165, 1.54) is 0 Å². The van der Waals surface area contributed by atoms with Gasteiger partial charge in [-0.05, 0) is 25.6 Å². The van der Waals surface area contributed by atoms with E-state index in [2.05, 4.69) is 16.8 Å². The van der Waals surface area contributed by atoms with E-state index >= 15 is 0 Å². The van der Waals surface area contributed by atoms with Crippen LogP contribution in [0.5, 0.6) is 0 Å². The molecule has 2 unspecified atom stereocenters. The second kappa shape index (κ2) is 6.58. The number of hydrogen-bond acceptors (Lipinski definition) is 4. The monoisotopic (exact) mass is 223 g/mol. The Morgan fingerprint density at radius 1 is 1.50 bits per heavy atom. The van der Waals surface area contributed by atoms with Crippen molar-refractivity contribution in [3.63, 3.8) is 0 Å². The summed E-state index contributed by atoms with van der Waals surface area (Å²) in [5.74, 6) is 0. The first-order chi connectivity index (χ1) is 7.70. The normalized spacial score (nSPS) is 15.1. The van der Waals surface area contributed by atoms with Crippen molar-refractivity contribution in [2.24, 2.45) is 5.73 Å². The van der Waals surface area contributed by atoms with Crippen LogP contribution in [-0.4, -0.2) is 40.7 Å². The molecule has 4 nitrogen and oxygen atoms in total. The average Bonchev–Trinajstić information content (AvgIpc) is 2.29. The van der Waals surface area contributed by atoms with Crippen molar-refractivity contribution in [1.29, 1.82) is 0 Å². The number of likely N-dealkylation sites (N-methyl/N-ethyl adjacent to an activating group) is 1. The zero-order valence-electron chi connectivity index (χ0n) is 10.0. The number of rotatable bonds is 6. The summed E-state index contributed by atoms with van der Waals surface area (Å²) in [6, 6.07) is 5.89. The molecule has 0 aliphatic carbocycles. The third kappa shape index (κ3) is 3.27. The minimum Gasteiger partial charge on any atom is -0.395 e. The van der Waals surface area contributed by atoms with Gasteiger partial charge in [-0.25, -0.2) is 0 Å². The minimum absolute atomic E-state index is 0.0126. The maximum Gasteiger partial charge on any atom is 0.0671 e. The lowest BCUT2D eigenvalue weighted by atomic mass is 10.0. The number of aliphatic hydroxyl groups excluding tert-OH is 1. The van der Waals surface area contributed by atoms with Crippen LogP contribution < -0.4 is 5.73 Å². The molecule has 0 aliphatic rings. The Kier molecular flexibility index (Phi) is 5.38. The van der Waals surface area contributed by atoms with Gasteiger partial charge in [-0.1, -0.05) is 13.0 Å². The summed E-state index contributed by atoms with van der Waals surface area (Å²) in [5, 5.41) is 9.04. The molecule has 90 valence electrons. The predicted octanol–water partition coefficient (Wildman–Crippen LogP) is 0.784. The SMILES string of the molecule is CCN(CCO)C(c1ccccn1)C(C)N. The molecule has 0 saturated carbocycles. The topological polar surface area (TPSA) is 62.4 Å². The second-order valence-electron chi connectivity index (χ2n) is 3.91. The largest absolute Gasteiger partial charge is 0.395 e. The van der Waals surface area contributed by atoms with E-state index in [9.17, 15) is 0 Å². The van der Waals surface area contributed by atoms with Gasteiger partial charge in [0.25, 0.3) is 0 Å². The lowest BCUT2D eigenvalue weighted by Crippen LogP contribution is -2.41. The van der Waals surface area contributed by atoms with Gasteiger partial charge in [-0.15, -0.1) is 0 Å². The van der Waals surface area contributed by atoms with Crippen LogP contribution >= 0.6 is 0 Å². The highest BCUT2D eigenvalue weighted by Gasteiger charge is 2.23. The number of aromatic nitrogens is 1. The van der Waals surface area contributed by atoms with Gasteiger partial charge in [0.1, 0.15) is 0 Å². The zero-order chi connectivity index (χ0) is 12.0. The number of nitrogens with zero attached hydrogens (tertiary/aromatic N) is 2. The number of hydrogen-bond donors (Lipinski definition) is 2. The van der Waals surface area contributed by atoms with Crippen LogP contribution in [0.2, 0.25) is 0 Å². The molecular weight excluding hydrogens is 202 g/mol. The van der Waals surface area contributed by atoms with E-state index in [-0.39, 0.29) is 18.7 Å². The van der Waals surface area contributed by atoms with E-state index in [1.54, 1.807) is 6.20 Å². The molecular formula is C12H21N3O. The van der Waals surface area contributed by atoms with Gasteiger partial charge in [-0.2, -0.15) is 0 Å². The Balaban J connectivity index is 2.90. The highest BCUT2D eigenvalue weighted by atomic mass is 16.3. The van der Waals surface area contributed by atoms with Crippen LogP contribution in [0.4, 0.5) is 0 Å². The Hall–Kier alpha value is -0.970. The summed E-state index contributed by atoms with van der Waals surface area (Å²) >= 11 is 0. The number of aliphatic hydroxyl groups is 1. The van der Waals surface area contributed by atoms with Gasteiger partial charge >= 0.3 is 0 Å². The Labute approximate surface area is 97.1 Å². The lowest BCUT2D eigenvalue weighted by Gasteiger charge is -2.32. The first-order valence-electron chi connectivity index (χ1n) is 5.72. The average molecular weight is 223 g/mol. The third-order valence-corrected chi connectivity index (χ3v) is 2.68. The molecule has 1 aromatic rings. The van der Waals surface area contributed by atoms with Gasteiger partial charge in [-0.3, -0.25) is 9.88 Å². The third-order valence-electron chi connectivity index (χ3n) is 2.68. The highest BCUT2D eigenvalue weighted by Crippen LogP contribution is 2.20. The minimum atomic E-state index is -0.0126. The van der Waals surface area contributed by atoms with Crippen LogP contribution in [0.1, 0.15) is 25.6 Å². The lowest BCUT2D eigenvalue weighted by molar-refractivity contribution is 0.141. The summed E-state index contributed by atoms with van der Waals surface area (Å²) in [6.45, 7) is 5.65. The molecule has 1 heterocycles. The quantitative estimate of drug-likeness (QED) is 0.748. The highest BCUT2D eigenvalue weighted by molar-refractivity contribution is 5.11. The summed E-state index contributed by atoms with van der Waals surface area (Å²) in [6.07, 6.45) is 1.78. The molecule has 0 fully saturated rings. The van der Waals surface area contributed by atoms with Crippen LogP contribution in [-0.2, 0) is 0 Å². The van der Waals surface area contributed by atoms with Crippen LogP contribution in [0.15, 0.2) is 24.4 Å². The van der Waals surface area contributed by atoms with Gasteiger partial charge < -0.3 is 10.8 Å². The maximum atomic E-state index is 9.04. The zero-order valence-corrected chi connectivity index (χ0v) is 10.0. The first-order valence-corrected chi connectivity index (χ1v) is 5.72. The number of nitrogens with two attached hydrogens (primary N) is 1. The molecule has 0 amide bonds. The molecule has 0 spiro atoms. The van der Waals surface area contributed by atoms with Gasteiger partial charge in [0.2, 0.25) is 0 Å². The Morgan fingerprint density at radius 2 is 2.25 bits per heavy atom. The summed E-state index contributed by atoms with van der Waals surface area (Å²) < 4.78 is 0. The van der Waals surface area contributed by atoms with Crippen LogP contribution in [0.25, 0.3) is 0 Å². The molecule has 0 bridgehead atoms. The van der Waals surface area contributed by atoms with E-state index in [4.69, 9.17) is 10.8 Å². The van der Waals surface area contributed by atoms with Crippen molar-refractivity contribution in [3.8, 4) is 0 Å². The fourth-order valence-electron chi connectivity index (χ4n) is 1.96. The fourth-order valence-corrected chi connectivity index (χ4v) is 1.96. The van der Waals surface area contributed by atoms with Gasteiger partial charge in [0, 0.05) is 18.8 Å². The standard InChI is InChI=1S/C12H21N3O/c1-3-15(8-9-16)12(10(2)13)11-6-4-5-7-14-11/h4-7,10,12,16H,3,8-9,13H2,1-2H3. The Bertz CT molecular complexity index is 290. The molecule has 0 aromatic carbocycles. The van der Waals surface area contributed by atoms with E-state index in [0.29, 0.717) is 6.54 Å². The van der Waals surface area contributed by atoms with Crippen molar-refractivity contribution in [1.82, 2.24) is 9.88 Å². The van der Waals surface area contributed by atoms with E-state index in [0.717, 1.165) is 12.2 Å². The van der Waals surface area contributed by atoms with E-state index in [1.807, 2.05) is 25.1 Å². The van der Waals surface area contributed by atoms with E-state index < -0.39 is 0 Å². The molecule has 3 N–H and O–H groups in total. The fraction of sp³-hybridized carbons (Fsp3) is 0.583. The number of pyridine rings is 1. The molecule has 0 aliphatic heterocycles. The molecule has 4 heteroatoms. The first kappa shape index (κ1) is 13.1. The maximum absolute atomic E-state index is 9.04. The van der Waals surface area contributed by atoms with Crippen molar-refractivity contribution in [2.45, 2.75) is 25.9 Å². The van der Waals surface area contributed by atoms with Gasteiger partial charge in [0.05, 0.1) is 18.3 Å². The molecule has 1 rings (SSSR count). The van der Waals surface area contributed by atoms with Crippen molar-refractivity contribution >= 4 is 0 Å². The molecule has 0 radical (unpaired) electrons. The van der Waals surface area contributed by atoms with Crippen LogP contribution in [0, 0.1) is 0 Å². The summed E-state index contributed by atoms with van der Waals surface area (Å²) in [4.78, 5) is 6.49. The predicted molar refractivity (Wildman–Crippen MR) is 65.0 cm³/mol. The smallest absolute Gasteiger partial charge is 0.0671 e. The van der Waals surface area contributed by atoms with Crippen LogP contribution in [0.3, 0.4) is 0 Å². The molecule has 2 atom stereocenters. The van der Waals surface area contributed by atoms with Crippen molar-refractivity contribution < 1.29 is 5.11 Å². The van der Waals surface area contributed by atoms with Gasteiger partial charge in [0.15, 0.2) is 0 Å². The van der Waals surface area contributed by atoms with Crippen molar-refractivity contribution in [3.05, 3.63) is 30.1 Å². The summed E-state index contributed by atoms with van der Waals surface area (Å²) in [7, 11) is 0. The molecule has 0 saturated heterocycles. The summed E-state index contributed by atoms with van der Waals surface area (Å²) in [5.41, 5.74) is 6.98. The second-order valence-corrected chi connectivity index (χ2v) is 3.91. The Morgan fingerprint density at radius 3 is 2.69 bits per heavy atom. The van der Waals surface area contributed by atoms with Crippen molar-refractivity contribution in [2.75, 3.05) is 19.7 Å².